The predicted octanol–water partition coefficient (Wildman–Crippen LogP) is 2.46. The zero-order chi connectivity index (χ0) is 19.7. The Morgan fingerprint density at radius 2 is 1.96 bits per heavy atom. The fourth-order valence-corrected chi connectivity index (χ4v) is 4.74. The summed E-state index contributed by atoms with van der Waals surface area (Å²) in [5.74, 6) is -0.134. The van der Waals surface area contributed by atoms with Gasteiger partial charge in [-0.2, -0.15) is 0 Å². The Balaban J connectivity index is 1.77. The van der Waals surface area contributed by atoms with Crippen LogP contribution in [0.3, 0.4) is 0 Å². The maximum atomic E-state index is 12.7. The van der Waals surface area contributed by atoms with Crippen molar-refractivity contribution in [1.82, 2.24) is 4.72 Å². The van der Waals surface area contributed by atoms with E-state index in [-0.39, 0.29) is 17.3 Å². The minimum Gasteiger partial charge on any atom is -0.384 e. The van der Waals surface area contributed by atoms with Crippen molar-refractivity contribution in [2.24, 2.45) is 0 Å². The zero-order valence-corrected chi connectivity index (χ0v) is 16.3. The van der Waals surface area contributed by atoms with Gasteiger partial charge >= 0.3 is 0 Å². The lowest BCUT2D eigenvalue weighted by molar-refractivity contribution is -0.115. The maximum absolute atomic E-state index is 12.7. The first-order chi connectivity index (χ1) is 12.7. The number of rotatable bonds is 6. The molecule has 3 rings (SSSR count). The molecule has 1 aliphatic carbocycles. The number of carbonyl (C=O) groups excluding carboxylic acids is 1. The van der Waals surface area contributed by atoms with Crippen LogP contribution < -0.4 is 10.0 Å². The highest BCUT2D eigenvalue weighted by Gasteiger charge is 2.37. The Morgan fingerprint density at radius 1 is 1.22 bits per heavy atom. The van der Waals surface area contributed by atoms with Crippen molar-refractivity contribution < 1.29 is 18.3 Å². The lowest BCUT2D eigenvalue weighted by Gasteiger charge is -2.24. The van der Waals surface area contributed by atoms with E-state index in [1.807, 2.05) is 24.3 Å². The Morgan fingerprint density at radius 3 is 2.67 bits per heavy atom. The Labute approximate surface area is 159 Å². The van der Waals surface area contributed by atoms with E-state index in [9.17, 15) is 18.3 Å². The van der Waals surface area contributed by atoms with Crippen LogP contribution in [0.4, 0.5) is 5.69 Å². The molecule has 0 fully saturated rings. The molecule has 0 aromatic heterocycles. The SMILES string of the molecule is CCC(=O)Nc1ccc(S(=O)(=O)NC[C@@]2(O)CCc3ccccc32)c(C)c1. The number of hydrogen-bond donors (Lipinski definition) is 3. The number of amides is 1. The van der Waals surface area contributed by atoms with Crippen LogP contribution in [0.25, 0.3) is 0 Å². The summed E-state index contributed by atoms with van der Waals surface area (Å²) < 4.78 is 28.0. The van der Waals surface area contributed by atoms with Gasteiger partial charge in [-0.1, -0.05) is 31.2 Å². The number of hydrogen-bond acceptors (Lipinski definition) is 4. The van der Waals surface area contributed by atoms with Gasteiger partial charge in [-0.05, 0) is 54.7 Å². The first kappa shape index (κ1) is 19.5. The van der Waals surface area contributed by atoms with E-state index >= 15 is 0 Å². The van der Waals surface area contributed by atoms with Gasteiger partial charge in [-0.25, -0.2) is 13.1 Å². The smallest absolute Gasteiger partial charge is 0.240 e. The standard InChI is InChI=1S/C20H24N2O4S/c1-3-19(23)22-16-8-9-18(14(2)12-16)27(25,26)21-13-20(24)11-10-15-6-4-5-7-17(15)20/h4-9,12,21,24H,3,10-11,13H2,1-2H3,(H,22,23)/t20-/m0/s1. The molecule has 1 atom stereocenters. The highest BCUT2D eigenvalue weighted by atomic mass is 32.2. The summed E-state index contributed by atoms with van der Waals surface area (Å²) in [5.41, 5.74) is 1.71. The molecule has 0 saturated carbocycles. The van der Waals surface area contributed by atoms with Gasteiger partial charge in [0.1, 0.15) is 5.60 Å². The summed E-state index contributed by atoms with van der Waals surface area (Å²) in [7, 11) is -3.79. The molecule has 0 spiro atoms. The normalized spacial score (nSPS) is 18.9. The number of aliphatic hydroxyl groups is 1. The summed E-state index contributed by atoms with van der Waals surface area (Å²) in [4.78, 5) is 11.6. The van der Waals surface area contributed by atoms with Gasteiger partial charge in [0.25, 0.3) is 0 Å². The van der Waals surface area contributed by atoms with E-state index in [0.717, 1.165) is 17.5 Å². The molecule has 2 aromatic rings. The van der Waals surface area contributed by atoms with Crippen LogP contribution in [0, 0.1) is 6.92 Å². The molecule has 1 aliphatic rings. The third-order valence-corrected chi connectivity index (χ3v) is 6.51. The van der Waals surface area contributed by atoms with Crippen LogP contribution in [0.15, 0.2) is 47.4 Å². The van der Waals surface area contributed by atoms with Crippen molar-refractivity contribution in [2.75, 3.05) is 11.9 Å². The van der Waals surface area contributed by atoms with Gasteiger partial charge in [-0.3, -0.25) is 4.79 Å². The third kappa shape index (κ3) is 4.05. The molecule has 0 bridgehead atoms. The molecule has 0 radical (unpaired) electrons. The second-order valence-electron chi connectivity index (χ2n) is 6.90. The highest BCUT2D eigenvalue weighted by molar-refractivity contribution is 7.89. The second-order valence-corrected chi connectivity index (χ2v) is 8.63. The molecule has 0 aliphatic heterocycles. The van der Waals surface area contributed by atoms with Gasteiger partial charge in [0, 0.05) is 18.7 Å². The molecule has 1 amide bonds. The largest absolute Gasteiger partial charge is 0.384 e. The number of aryl methyl sites for hydroxylation is 2. The van der Waals surface area contributed by atoms with E-state index in [1.54, 1.807) is 26.0 Å². The molecule has 6 nitrogen and oxygen atoms in total. The molecule has 7 heteroatoms. The molecule has 0 unspecified atom stereocenters. The van der Waals surface area contributed by atoms with Crippen LogP contribution >= 0.6 is 0 Å². The summed E-state index contributed by atoms with van der Waals surface area (Å²) in [5, 5.41) is 13.6. The van der Waals surface area contributed by atoms with E-state index < -0.39 is 15.6 Å². The van der Waals surface area contributed by atoms with Crippen molar-refractivity contribution >= 4 is 21.6 Å². The Kier molecular flexibility index (Phi) is 5.37. The lowest BCUT2D eigenvalue weighted by Crippen LogP contribution is -2.39. The van der Waals surface area contributed by atoms with Crippen molar-refractivity contribution in [1.29, 1.82) is 0 Å². The van der Waals surface area contributed by atoms with E-state index in [4.69, 9.17) is 0 Å². The summed E-state index contributed by atoms with van der Waals surface area (Å²) in [6.07, 6.45) is 1.55. The average molecular weight is 388 g/mol. The number of carbonyl (C=O) groups is 1. The second kappa shape index (κ2) is 7.42. The molecule has 3 N–H and O–H groups in total. The van der Waals surface area contributed by atoms with Crippen LogP contribution in [-0.2, 0) is 26.8 Å². The average Bonchev–Trinajstić information content (AvgIpc) is 2.98. The van der Waals surface area contributed by atoms with E-state index in [1.165, 1.54) is 6.07 Å². The topological polar surface area (TPSA) is 95.5 Å². The summed E-state index contributed by atoms with van der Waals surface area (Å²) in [6, 6.07) is 12.2. The van der Waals surface area contributed by atoms with Crippen molar-refractivity contribution in [3.63, 3.8) is 0 Å². The fourth-order valence-electron chi connectivity index (χ4n) is 3.42. The minimum absolute atomic E-state index is 0.0832. The molecule has 0 saturated heterocycles. The quantitative estimate of drug-likeness (QED) is 0.708. The predicted molar refractivity (Wildman–Crippen MR) is 104 cm³/mol. The first-order valence-corrected chi connectivity index (χ1v) is 10.4. The van der Waals surface area contributed by atoms with Crippen molar-refractivity contribution in [3.8, 4) is 0 Å². The van der Waals surface area contributed by atoms with Gasteiger partial charge < -0.3 is 10.4 Å². The van der Waals surface area contributed by atoms with Crippen LogP contribution in [0.1, 0.15) is 36.5 Å². The minimum atomic E-state index is -3.79. The van der Waals surface area contributed by atoms with E-state index in [0.29, 0.717) is 24.1 Å². The molecular weight excluding hydrogens is 364 g/mol. The number of fused-ring (bicyclic) bond motifs is 1. The highest BCUT2D eigenvalue weighted by Crippen LogP contribution is 2.36. The third-order valence-electron chi connectivity index (χ3n) is 4.95. The molecule has 27 heavy (non-hydrogen) atoms. The van der Waals surface area contributed by atoms with Gasteiger partial charge in [-0.15, -0.1) is 0 Å². The fraction of sp³-hybridized carbons (Fsp3) is 0.350. The summed E-state index contributed by atoms with van der Waals surface area (Å²) in [6.45, 7) is 3.34. The number of anilines is 1. The van der Waals surface area contributed by atoms with Gasteiger partial charge in [0.15, 0.2) is 0 Å². The van der Waals surface area contributed by atoms with E-state index in [2.05, 4.69) is 10.0 Å². The number of benzene rings is 2. The number of sulfonamides is 1. The van der Waals surface area contributed by atoms with Gasteiger partial charge in [0.2, 0.25) is 15.9 Å². The first-order valence-electron chi connectivity index (χ1n) is 8.96. The Hall–Kier alpha value is -2.22. The Bertz CT molecular complexity index is 972. The molecule has 2 aromatic carbocycles. The van der Waals surface area contributed by atoms with Crippen LogP contribution in [-0.4, -0.2) is 26.0 Å². The van der Waals surface area contributed by atoms with Crippen LogP contribution in [0.5, 0.6) is 0 Å². The number of nitrogens with one attached hydrogen (secondary N) is 2. The van der Waals surface area contributed by atoms with Gasteiger partial charge in [0.05, 0.1) is 4.90 Å². The van der Waals surface area contributed by atoms with Crippen molar-refractivity contribution in [2.45, 2.75) is 43.6 Å². The maximum Gasteiger partial charge on any atom is 0.240 e. The summed E-state index contributed by atoms with van der Waals surface area (Å²) >= 11 is 0. The monoisotopic (exact) mass is 388 g/mol. The zero-order valence-electron chi connectivity index (χ0n) is 15.5. The molecule has 144 valence electrons. The van der Waals surface area contributed by atoms with Crippen molar-refractivity contribution in [3.05, 3.63) is 59.2 Å². The van der Waals surface area contributed by atoms with Crippen LogP contribution in [0.2, 0.25) is 0 Å². The lowest BCUT2D eigenvalue weighted by atomic mass is 9.96. The molecule has 0 heterocycles. The molecular formula is C20H24N2O4S.